The van der Waals surface area contributed by atoms with Crippen molar-refractivity contribution in [3.8, 4) is 18.1 Å². The van der Waals surface area contributed by atoms with E-state index in [2.05, 4.69) is 6.07 Å². The SMILES string of the molecule is N#CCCc1ccc(C(C=N)c2ccc(OC#N)cc2)cc1. The number of nitriles is 2. The molecule has 1 atom stereocenters. The van der Waals surface area contributed by atoms with Gasteiger partial charge in [-0.2, -0.15) is 5.26 Å². The van der Waals surface area contributed by atoms with Gasteiger partial charge in [-0.25, -0.2) is 0 Å². The van der Waals surface area contributed by atoms with Crippen molar-refractivity contribution >= 4 is 6.21 Å². The van der Waals surface area contributed by atoms with Gasteiger partial charge in [0.05, 0.1) is 6.07 Å². The Morgan fingerprint density at radius 3 is 2.09 bits per heavy atom. The van der Waals surface area contributed by atoms with Crippen molar-refractivity contribution in [2.24, 2.45) is 0 Å². The van der Waals surface area contributed by atoms with E-state index in [0.717, 1.165) is 23.1 Å². The molecule has 0 aromatic heterocycles. The molecule has 0 heterocycles. The third kappa shape index (κ3) is 3.71. The average Bonchev–Trinajstić information content (AvgIpc) is 2.56. The maximum Gasteiger partial charge on any atom is 0.292 e. The minimum Gasteiger partial charge on any atom is -0.388 e. The molecular formula is C18H15N3O. The van der Waals surface area contributed by atoms with Gasteiger partial charge in [-0.05, 0) is 35.2 Å². The van der Waals surface area contributed by atoms with E-state index in [0.29, 0.717) is 12.2 Å². The van der Waals surface area contributed by atoms with Crippen LogP contribution in [0.2, 0.25) is 0 Å². The Balaban J connectivity index is 2.19. The Morgan fingerprint density at radius 1 is 1.00 bits per heavy atom. The molecule has 108 valence electrons. The molecular weight excluding hydrogens is 274 g/mol. The first kappa shape index (κ1) is 15.3. The molecule has 0 radical (unpaired) electrons. The van der Waals surface area contributed by atoms with Crippen molar-refractivity contribution in [3.05, 3.63) is 65.2 Å². The van der Waals surface area contributed by atoms with E-state index >= 15 is 0 Å². The van der Waals surface area contributed by atoms with Gasteiger partial charge in [0.2, 0.25) is 0 Å². The molecule has 0 aliphatic rings. The average molecular weight is 289 g/mol. The lowest BCUT2D eigenvalue weighted by Crippen LogP contribution is -2.02. The fourth-order valence-electron chi connectivity index (χ4n) is 2.27. The molecule has 0 aliphatic heterocycles. The highest BCUT2D eigenvalue weighted by molar-refractivity contribution is 5.70. The van der Waals surface area contributed by atoms with E-state index in [-0.39, 0.29) is 5.92 Å². The van der Waals surface area contributed by atoms with E-state index in [1.807, 2.05) is 36.4 Å². The zero-order valence-corrected chi connectivity index (χ0v) is 12.0. The van der Waals surface area contributed by atoms with E-state index in [1.54, 1.807) is 18.4 Å². The second-order valence-electron chi connectivity index (χ2n) is 4.81. The van der Waals surface area contributed by atoms with Crippen LogP contribution in [0.5, 0.6) is 5.75 Å². The Kier molecular flexibility index (Phi) is 5.29. The summed E-state index contributed by atoms with van der Waals surface area (Å²) in [6, 6.07) is 17.2. The first-order valence-corrected chi connectivity index (χ1v) is 6.90. The van der Waals surface area contributed by atoms with Gasteiger partial charge in [-0.1, -0.05) is 36.4 Å². The van der Waals surface area contributed by atoms with E-state index in [9.17, 15) is 0 Å². The molecule has 4 nitrogen and oxygen atoms in total. The van der Waals surface area contributed by atoms with Crippen molar-refractivity contribution in [2.45, 2.75) is 18.8 Å². The number of benzene rings is 2. The molecule has 4 heteroatoms. The van der Waals surface area contributed by atoms with Gasteiger partial charge in [0.15, 0.2) is 0 Å². The maximum atomic E-state index is 8.61. The lowest BCUT2D eigenvalue weighted by molar-refractivity contribution is 0.507. The van der Waals surface area contributed by atoms with Crippen molar-refractivity contribution in [3.63, 3.8) is 0 Å². The summed E-state index contributed by atoms with van der Waals surface area (Å²) in [5.74, 6) is 0.350. The highest BCUT2D eigenvalue weighted by atomic mass is 16.5. The molecule has 0 saturated heterocycles. The zero-order valence-electron chi connectivity index (χ0n) is 12.0. The van der Waals surface area contributed by atoms with Crippen LogP contribution in [0.15, 0.2) is 48.5 Å². The molecule has 0 fully saturated rings. The highest BCUT2D eigenvalue weighted by Gasteiger charge is 2.11. The Bertz CT molecular complexity index is 706. The summed E-state index contributed by atoms with van der Waals surface area (Å²) < 4.78 is 4.76. The number of nitrogens with one attached hydrogen (secondary N) is 1. The lowest BCUT2D eigenvalue weighted by atomic mass is 9.91. The van der Waals surface area contributed by atoms with E-state index < -0.39 is 0 Å². The van der Waals surface area contributed by atoms with Crippen molar-refractivity contribution in [1.29, 1.82) is 15.9 Å². The Labute approximate surface area is 129 Å². The van der Waals surface area contributed by atoms with Gasteiger partial charge in [-0.15, -0.1) is 5.26 Å². The summed E-state index contributed by atoms with van der Waals surface area (Å²) in [6.07, 6.45) is 4.28. The zero-order chi connectivity index (χ0) is 15.8. The van der Waals surface area contributed by atoms with Crippen LogP contribution in [0.1, 0.15) is 29.0 Å². The van der Waals surface area contributed by atoms with Crippen LogP contribution in [0.3, 0.4) is 0 Å². The molecule has 2 aromatic carbocycles. The number of hydrogen-bond donors (Lipinski definition) is 1. The third-order valence-corrected chi connectivity index (χ3v) is 3.43. The standard InChI is InChI=1S/C18H15N3O/c19-11-1-2-14-3-5-15(6-4-14)18(12-20)16-7-9-17(10-8-16)22-13-21/h3-10,12,18,20H,1-2H2. The van der Waals surface area contributed by atoms with Crippen molar-refractivity contribution in [1.82, 2.24) is 0 Å². The van der Waals surface area contributed by atoms with Gasteiger partial charge >= 0.3 is 0 Å². The molecule has 1 unspecified atom stereocenters. The topological polar surface area (TPSA) is 80.7 Å². The molecule has 1 N–H and O–H groups in total. The minimum absolute atomic E-state index is 0.138. The fourth-order valence-corrected chi connectivity index (χ4v) is 2.27. The second-order valence-corrected chi connectivity index (χ2v) is 4.81. The minimum atomic E-state index is -0.138. The molecule has 0 aliphatic carbocycles. The smallest absolute Gasteiger partial charge is 0.292 e. The number of nitrogens with zero attached hydrogens (tertiary/aromatic N) is 2. The van der Waals surface area contributed by atoms with Crippen molar-refractivity contribution < 1.29 is 4.74 Å². The quantitative estimate of drug-likeness (QED) is 0.649. The predicted molar refractivity (Wildman–Crippen MR) is 83.7 cm³/mol. The summed E-state index contributed by atoms with van der Waals surface area (Å²) in [7, 11) is 0. The predicted octanol–water partition coefficient (Wildman–Crippen LogP) is 3.78. The van der Waals surface area contributed by atoms with Gasteiger partial charge in [0, 0.05) is 18.6 Å². The number of ether oxygens (including phenoxy) is 1. The van der Waals surface area contributed by atoms with Crippen LogP contribution in [0.4, 0.5) is 0 Å². The van der Waals surface area contributed by atoms with Crippen LogP contribution in [-0.2, 0) is 6.42 Å². The monoisotopic (exact) mass is 289 g/mol. The molecule has 22 heavy (non-hydrogen) atoms. The number of aryl methyl sites for hydroxylation is 1. The summed E-state index contributed by atoms with van der Waals surface area (Å²) in [6.45, 7) is 0. The largest absolute Gasteiger partial charge is 0.388 e. The highest BCUT2D eigenvalue weighted by Crippen LogP contribution is 2.25. The Morgan fingerprint density at radius 2 is 1.59 bits per heavy atom. The van der Waals surface area contributed by atoms with Gasteiger partial charge in [0.1, 0.15) is 5.75 Å². The summed E-state index contributed by atoms with van der Waals surface area (Å²) in [5, 5.41) is 24.8. The molecule has 0 amide bonds. The second kappa shape index (κ2) is 7.61. The maximum absolute atomic E-state index is 8.61. The van der Waals surface area contributed by atoms with Crippen LogP contribution < -0.4 is 4.74 Å². The van der Waals surface area contributed by atoms with Gasteiger partial charge in [-0.3, -0.25) is 0 Å². The first-order chi connectivity index (χ1) is 10.8. The van der Waals surface area contributed by atoms with Gasteiger partial charge < -0.3 is 10.1 Å². The first-order valence-electron chi connectivity index (χ1n) is 6.90. The summed E-state index contributed by atoms with van der Waals surface area (Å²) >= 11 is 0. The van der Waals surface area contributed by atoms with Crippen molar-refractivity contribution in [2.75, 3.05) is 0 Å². The van der Waals surface area contributed by atoms with Crippen LogP contribution in [0.25, 0.3) is 0 Å². The molecule has 0 spiro atoms. The third-order valence-electron chi connectivity index (χ3n) is 3.43. The van der Waals surface area contributed by atoms with Gasteiger partial charge in [0.25, 0.3) is 6.26 Å². The van der Waals surface area contributed by atoms with Crippen LogP contribution >= 0.6 is 0 Å². The number of rotatable bonds is 6. The fraction of sp³-hybridized carbons (Fsp3) is 0.167. The van der Waals surface area contributed by atoms with Crippen LogP contribution in [0, 0.1) is 28.3 Å². The Hall–Kier alpha value is -3.11. The molecule has 0 saturated carbocycles. The molecule has 0 bridgehead atoms. The molecule has 2 rings (SSSR count). The lowest BCUT2D eigenvalue weighted by Gasteiger charge is -2.13. The molecule has 2 aromatic rings. The summed E-state index contributed by atoms with van der Waals surface area (Å²) in [5.41, 5.74) is 3.10. The summed E-state index contributed by atoms with van der Waals surface area (Å²) in [4.78, 5) is 0. The normalized spacial score (nSPS) is 11.0. The van der Waals surface area contributed by atoms with Crippen LogP contribution in [-0.4, -0.2) is 6.21 Å². The van der Waals surface area contributed by atoms with E-state index in [4.69, 9.17) is 20.7 Å². The number of hydrogen-bond acceptors (Lipinski definition) is 4. The van der Waals surface area contributed by atoms with E-state index in [1.165, 1.54) is 6.21 Å².